The molecule has 3 nitrogen and oxygen atoms in total. The fourth-order valence-electron chi connectivity index (χ4n) is 2.56. The number of hydrogen-bond donors (Lipinski definition) is 1. The smallest absolute Gasteiger partial charge is 0.270 e. The molecule has 20 heavy (non-hydrogen) atoms. The number of amides is 1. The number of halogens is 3. The predicted molar refractivity (Wildman–Crippen MR) is 71.7 cm³/mol. The summed E-state index contributed by atoms with van der Waals surface area (Å²) in [7, 11) is 0. The number of aliphatic hydroxyl groups excluding tert-OH is 1. The van der Waals surface area contributed by atoms with E-state index in [-0.39, 0.29) is 18.8 Å². The lowest BCUT2D eigenvalue weighted by molar-refractivity contribution is -0.146. The van der Waals surface area contributed by atoms with Gasteiger partial charge >= 0.3 is 0 Å². The Kier molecular flexibility index (Phi) is 4.60. The summed E-state index contributed by atoms with van der Waals surface area (Å²) in [4.78, 5) is 12.9. The van der Waals surface area contributed by atoms with Crippen molar-refractivity contribution in [2.45, 2.75) is 37.5 Å². The highest BCUT2D eigenvalue weighted by molar-refractivity contribution is 6.27. The van der Waals surface area contributed by atoms with Crippen LogP contribution < -0.4 is 0 Å². The molecule has 1 aromatic rings. The van der Waals surface area contributed by atoms with Crippen LogP contribution in [0.4, 0.5) is 8.78 Å². The number of alkyl halides is 3. The Labute approximate surface area is 121 Å². The summed E-state index contributed by atoms with van der Waals surface area (Å²) in [6, 6.07) is 7.32. The molecule has 0 unspecified atom stereocenters. The number of carbonyl (C=O) groups excluding carboxylic acids is 1. The molecule has 0 aliphatic heterocycles. The van der Waals surface area contributed by atoms with Crippen molar-refractivity contribution in [2.75, 3.05) is 5.88 Å². The van der Waals surface area contributed by atoms with Gasteiger partial charge in [0.05, 0.1) is 6.10 Å². The zero-order valence-corrected chi connectivity index (χ0v) is 11.6. The normalized spacial score (nSPS) is 24.6. The first kappa shape index (κ1) is 15.2. The zero-order chi connectivity index (χ0) is 14.8. The second kappa shape index (κ2) is 6.06. The lowest BCUT2D eigenvalue weighted by atomic mass is 10.1. The number of nitrogens with zero attached hydrogens (tertiary/aromatic N) is 1. The summed E-state index contributed by atoms with van der Waals surface area (Å²) in [5, 5.41) is 9.80. The topological polar surface area (TPSA) is 40.5 Å². The van der Waals surface area contributed by atoms with Gasteiger partial charge in [-0.15, -0.1) is 11.6 Å². The third-order valence-electron chi connectivity index (χ3n) is 3.54. The Morgan fingerprint density at radius 2 is 2.05 bits per heavy atom. The number of benzene rings is 1. The Morgan fingerprint density at radius 3 is 2.55 bits per heavy atom. The molecule has 0 heterocycles. The minimum Gasteiger partial charge on any atom is -0.391 e. The van der Waals surface area contributed by atoms with Crippen LogP contribution in [0.15, 0.2) is 30.3 Å². The van der Waals surface area contributed by atoms with Gasteiger partial charge in [0.1, 0.15) is 11.9 Å². The van der Waals surface area contributed by atoms with E-state index in [9.17, 15) is 18.7 Å². The van der Waals surface area contributed by atoms with Crippen molar-refractivity contribution in [1.82, 2.24) is 4.90 Å². The molecule has 1 N–H and O–H groups in total. The summed E-state index contributed by atoms with van der Waals surface area (Å²) < 4.78 is 27.8. The van der Waals surface area contributed by atoms with Crippen molar-refractivity contribution in [2.24, 2.45) is 0 Å². The van der Waals surface area contributed by atoms with Gasteiger partial charge < -0.3 is 10.0 Å². The summed E-state index contributed by atoms with van der Waals surface area (Å²) in [6.07, 6.45) is -1.65. The fourth-order valence-corrected chi connectivity index (χ4v) is 2.72. The first-order valence-electron chi connectivity index (χ1n) is 6.41. The lowest BCUT2D eigenvalue weighted by Crippen LogP contribution is -2.52. The minimum absolute atomic E-state index is 0.0154. The van der Waals surface area contributed by atoms with Crippen LogP contribution in [0.1, 0.15) is 18.4 Å². The van der Waals surface area contributed by atoms with Gasteiger partial charge in [-0.1, -0.05) is 30.3 Å². The summed E-state index contributed by atoms with van der Waals surface area (Å²) in [5.41, 5.74) is 0.723. The van der Waals surface area contributed by atoms with Crippen LogP contribution in [-0.2, 0) is 11.3 Å². The van der Waals surface area contributed by atoms with Crippen LogP contribution in [0, 0.1) is 0 Å². The average Bonchev–Trinajstić information content (AvgIpc) is 2.70. The quantitative estimate of drug-likeness (QED) is 0.868. The van der Waals surface area contributed by atoms with Crippen LogP contribution >= 0.6 is 11.6 Å². The maximum atomic E-state index is 13.9. The first-order chi connectivity index (χ1) is 9.45. The van der Waals surface area contributed by atoms with Gasteiger partial charge in [-0.05, 0) is 12.0 Å². The van der Waals surface area contributed by atoms with Crippen molar-refractivity contribution in [1.29, 1.82) is 0 Å². The fraction of sp³-hybridized carbons (Fsp3) is 0.500. The van der Waals surface area contributed by atoms with Gasteiger partial charge in [0.15, 0.2) is 0 Å². The highest BCUT2D eigenvalue weighted by atomic mass is 35.5. The molecule has 1 saturated carbocycles. The molecule has 2 atom stereocenters. The van der Waals surface area contributed by atoms with E-state index in [1.54, 1.807) is 30.3 Å². The van der Waals surface area contributed by atoms with E-state index >= 15 is 0 Å². The number of rotatable bonds is 4. The average molecular weight is 304 g/mol. The standard InChI is InChI=1S/C14H16ClF2NO2/c15-8-12(20)18(9-10-4-2-1-3-5-10)13-11(19)6-7-14(13,16)17/h1-5,11,13,19H,6-9H2/t11-,13+/m0/s1. The highest BCUT2D eigenvalue weighted by Gasteiger charge is 2.53. The van der Waals surface area contributed by atoms with Crippen LogP contribution in [0.3, 0.4) is 0 Å². The second-order valence-corrected chi connectivity index (χ2v) is 5.22. The SMILES string of the molecule is O=C(CCl)N(Cc1ccccc1)[C@@H]1[C@@H](O)CCC1(F)F. The molecule has 0 radical (unpaired) electrons. The molecule has 0 spiro atoms. The van der Waals surface area contributed by atoms with Crippen LogP contribution in [0.5, 0.6) is 0 Å². The molecule has 0 aromatic heterocycles. The maximum absolute atomic E-state index is 13.9. The Balaban J connectivity index is 2.26. The highest BCUT2D eigenvalue weighted by Crippen LogP contribution is 2.39. The van der Waals surface area contributed by atoms with E-state index in [0.717, 1.165) is 10.5 Å². The molecule has 1 fully saturated rings. The molecule has 1 amide bonds. The summed E-state index contributed by atoms with van der Waals surface area (Å²) in [6.45, 7) is 0.0176. The monoisotopic (exact) mass is 303 g/mol. The Morgan fingerprint density at radius 1 is 1.40 bits per heavy atom. The van der Waals surface area contributed by atoms with Gasteiger partial charge in [0, 0.05) is 13.0 Å². The van der Waals surface area contributed by atoms with E-state index in [2.05, 4.69) is 0 Å². The molecule has 1 aliphatic rings. The van der Waals surface area contributed by atoms with E-state index in [1.165, 1.54) is 0 Å². The molecule has 110 valence electrons. The van der Waals surface area contributed by atoms with Gasteiger partial charge in [-0.25, -0.2) is 8.78 Å². The first-order valence-corrected chi connectivity index (χ1v) is 6.94. The van der Waals surface area contributed by atoms with Crippen molar-refractivity contribution in [3.05, 3.63) is 35.9 Å². The lowest BCUT2D eigenvalue weighted by Gasteiger charge is -2.34. The van der Waals surface area contributed by atoms with E-state index in [0.29, 0.717) is 0 Å². The predicted octanol–water partition coefficient (Wildman–Crippen LogP) is 2.41. The molecule has 6 heteroatoms. The minimum atomic E-state index is -3.09. The van der Waals surface area contributed by atoms with Crippen LogP contribution in [-0.4, -0.2) is 39.9 Å². The summed E-state index contributed by atoms with van der Waals surface area (Å²) in [5.74, 6) is -4.07. The third-order valence-corrected chi connectivity index (χ3v) is 3.77. The van der Waals surface area contributed by atoms with Crippen LogP contribution in [0.2, 0.25) is 0 Å². The molecular weight excluding hydrogens is 288 g/mol. The van der Waals surface area contributed by atoms with Crippen LogP contribution in [0.25, 0.3) is 0 Å². The molecular formula is C14H16ClF2NO2. The second-order valence-electron chi connectivity index (χ2n) is 4.95. The van der Waals surface area contributed by atoms with Gasteiger partial charge in [0.2, 0.25) is 5.91 Å². The van der Waals surface area contributed by atoms with E-state index < -0.39 is 30.4 Å². The van der Waals surface area contributed by atoms with Gasteiger partial charge in [-0.3, -0.25) is 4.79 Å². The Bertz CT molecular complexity index is 470. The molecule has 1 aromatic carbocycles. The van der Waals surface area contributed by atoms with Crippen molar-refractivity contribution >= 4 is 17.5 Å². The van der Waals surface area contributed by atoms with Crippen molar-refractivity contribution in [3.63, 3.8) is 0 Å². The van der Waals surface area contributed by atoms with Crippen molar-refractivity contribution in [3.8, 4) is 0 Å². The summed E-state index contributed by atoms with van der Waals surface area (Å²) >= 11 is 5.51. The molecule has 2 rings (SSSR count). The van der Waals surface area contributed by atoms with E-state index in [1.807, 2.05) is 0 Å². The maximum Gasteiger partial charge on any atom is 0.270 e. The Hall–Kier alpha value is -1.20. The largest absolute Gasteiger partial charge is 0.391 e. The van der Waals surface area contributed by atoms with Crippen molar-refractivity contribution < 1.29 is 18.7 Å². The van der Waals surface area contributed by atoms with Gasteiger partial charge in [-0.2, -0.15) is 0 Å². The third kappa shape index (κ3) is 3.10. The number of carbonyl (C=O) groups is 1. The van der Waals surface area contributed by atoms with Gasteiger partial charge in [0.25, 0.3) is 5.92 Å². The zero-order valence-electron chi connectivity index (χ0n) is 10.8. The molecule has 0 bridgehead atoms. The molecule has 1 aliphatic carbocycles. The number of aliphatic hydroxyl groups is 1. The number of hydrogen-bond acceptors (Lipinski definition) is 2. The van der Waals surface area contributed by atoms with E-state index in [4.69, 9.17) is 11.6 Å². The molecule has 0 saturated heterocycles.